The van der Waals surface area contributed by atoms with E-state index >= 15 is 4.39 Å². The van der Waals surface area contributed by atoms with Gasteiger partial charge in [0.15, 0.2) is 5.82 Å². The number of sulfonamides is 1. The Morgan fingerprint density at radius 2 is 1.76 bits per heavy atom. The molecule has 240 valence electrons. The fourth-order valence-electron chi connectivity index (χ4n) is 4.76. The molecule has 0 saturated heterocycles. The van der Waals surface area contributed by atoms with E-state index in [4.69, 9.17) is 14.0 Å². The maximum atomic E-state index is 15.2. The van der Waals surface area contributed by atoms with E-state index in [1.165, 1.54) is 43.7 Å². The molecular formula is C30H23F4N3O7S2. The van der Waals surface area contributed by atoms with E-state index in [0.29, 0.717) is 22.9 Å². The molecule has 3 aromatic carbocycles. The summed E-state index contributed by atoms with van der Waals surface area (Å²) >= 11 is 4.39. The van der Waals surface area contributed by atoms with E-state index in [9.17, 15) is 26.4 Å². The molecular weight excluding hydrogens is 654 g/mol. The first-order chi connectivity index (χ1) is 21.9. The number of anilines is 1. The van der Waals surface area contributed by atoms with Crippen molar-refractivity contribution in [3.8, 4) is 17.2 Å². The highest BCUT2D eigenvalue weighted by Crippen LogP contribution is 2.40. The van der Waals surface area contributed by atoms with E-state index in [-0.39, 0.29) is 39.6 Å². The Balaban J connectivity index is 1.61. The molecule has 0 bridgehead atoms. The van der Waals surface area contributed by atoms with Crippen LogP contribution in [0.3, 0.4) is 0 Å². The summed E-state index contributed by atoms with van der Waals surface area (Å²) < 4.78 is 106. The minimum Gasteiger partial charge on any atom is -0.497 e. The Morgan fingerprint density at radius 1 is 1.02 bits per heavy atom. The first-order valence-corrected chi connectivity index (χ1v) is 15.1. The summed E-state index contributed by atoms with van der Waals surface area (Å²) in [4.78, 5) is 12.9. The van der Waals surface area contributed by atoms with Crippen molar-refractivity contribution in [2.45, 2.75) is 23.7 Å². The number of methoxy groups -OCH3 is 2. The van der Waals surface area contributed by atoms with Crippen molar-refractivity contribution in [2.24, 2.45) is 0 Å². The molecule has 0 saturated carbocycles. The standard InChI is InChI=1S/C30H23F4N3O7S2/c1-41-20-6-3-18(4-7-20)16-36(27-11-12-44-35-27)46(39,40)21-8-9-24-19(13-21)5-10-28(38)37(24)25-15-23(31)22(14-26(25)42-2)29(43-17-45)30(32,33)34/h3-15,17,29H,16H2,1-2H3. The molecule has 0 amide bonds. The number of nitrogens with zero attached hydrogens (tertiary/aromatic N) is 3. The molecule has 0 radical (unpaired) electrons. The SMILES string of the molecule is COc1ccc(CN(c2ccon2)S(=O)(=O)c2ccc3c(ccc(=O)n3-c3cc(F)c(C(OC=S)C(F)(F)F)cc3OC)c2)cc1. The average Bonchev–Trinajstić information content (AvgIpc) is 3.56. The van der Waals surface area contributed by atoms with Crippen molar-refractivity contribution < 1.29 is 44.7 Å². The van der Waals surface area contributed by atoms with Crippen LogP contribution in [0.15, 0.2) is 93.3 Å². The van der Waals surface area contributed by atoms with Crippen LogP contribution in [-0.2, 0) is 21.3 Å². The van der Waals surface area contributed by atoms with Crippen molar-refractivity contribution in [1.82, 2.24) is 9.72 Å². The van der Waals surface area contributed by atoms with Crippen LogP contribution in [0.1, 0.15) is 17.2 Å². The quantitative estimate of drug-likeness (QED) is 0.121. The molecule has 5 aromatic rings. The Kier molecular flexibility index (Phi) is 9.03. The minimum absolute atomic E-state index is 0.0102. The molecule has 0 aliphatic heterocycles. The Labute approximate surface area is 264 Å². The van der Waals surface area contributed by atoms with Gasteiger partial charge in [0.1, 0.15) is 29.1 Å². The van der Waals surface area contributed by atoms with Gasteiger partial charge in [-0.25, -0.2) is 17.1 Å². The number of fused-ring (bicyclic) bond motifs is 1. The van der Waals surface area contributed by atoms with Crippen molar-refractivity contribution in [3.05, 3.63) is 106 Å². The van der Waals surface area contributed by atoms with Crippen LogP contribution in [0.2, 0.25) is 0 Å². The highest BCUT2D eigenvalue weighted by Gasteiger charge is 2.44. The molecule has 1 unspecified atom stereocenters. The third kappa shape index (κ3) is 6.25. The second-order valence-electron chi connectivity index (χ2n) is 9.64. The average molecular weight is 678 g/mol. The summed E-state index contributed by atoms with van der Waals surface area (Å²) in [5.74, 6) is -1.05. The number of ether oxygens (including phenoxy) is 3. The molecule has 0 N–H and O–H groups in total. The number of halogens is 4. The maximum absolute atomic E-state index is 15.2. The summed E-state index contributed by atoms with van der Waals surface area (Å²) in [6, 6.07) is 15.9. The highest BCUT2D eigenvalue weighted by atomic mass is 32.2. The topological polar surface area (TPSA) is 113 Å². The third-order valence-electron chi connectivity index (χ3n) is 6.93. The van der Waals surface area contributed by atoms with Gasteiger partial charge in [-0.1, -0.05) is 17.3 Å². The van der Waals surface area contributed by atoms with Gasteiger partial charge in [0.2, 0.25) is 6.10 Å². The van der Waals surface area contributed by atoms with Crippen LogP contribution >= 0.6 is 12.2 Å². The molecule has 10 nitrogen and oxygen atoms in total. The number of hydrogen-bond donors (Lipinski definition) is 0. The molecule has 2 aromatic heterocycles. The van der Waals surface area contributed by atoms with Crippen molar-refractivity contribution in [1.29, 1.82) is 0 Å². The highest BCUT2D eigenvalue weighted by molar-refractivity contribution is 7.92. The molecule has 0 aliphatic carbocycles. The van der Waals surface area contributed by atoms with E-state index in [2.05, 4.69) is 22.1 Å². The number of hydrogen-bond acceptors (Lipinski definition) is 9. The van der Waals surface area contributed by atoms with Crippen LogP contribution in [0, 0.1) is 5.82 Å². The lowest BCUT2D eigenvalue weighted by Crippen LogP contribution is -2.31. The van der Waals surface area contributed by atoms with Gasteiger partial charge in [-0.3, -0.25) is 9.36 Å². The lowest BCUT2D eigenvalue weighted by molar-refractivity contribution is -0.200. The predicted molar refractivity (Wildman–Crippen MR) is 162 cm³/mol. The zero-order valence-electron chi connectivity index (χ0n) is 23.9. The Bertz CT molecular complexity index is 2050. The summed E-state index contributed by atoms with van der Waals surface area (Å²) in [6.07, 6.45) is -6.52. The van der Waals surface area contributed by atoms with Crippen molar-refractivity contribution in [3.63, 3.8) is 0 Å². The van der Waals surface area contributed by atoms with Gasteiger partial charge in [0.05, 0.1) is 36.9 Å². The van der Waals surface area contributed by atoms with Gasteiger partial charge < -0.3 is 18.7 Å². The van der Waals surface area contributed by atoms with Gasteiger partial charge in [0, 0.05) is 29.1 Å². The van der Waals surface area contributed by atoms with E-state index < -0.39 is 39.2 Å². The van der Waals surface area contributed by atoms with E-state index in [1.807, 2.05) is 0 Å². The van der Waals surface area contributed by atoms with Gasteiger partial charge in [-0.15, -0.1) is 0 Å². The Morgan fingerprint density at radius 3 is 2.37 bits per heavy atom. The maximum Gasteiger partial charge on any atom is 0.429 e. The number of thiocarbonyl (C=S) groups is 1. The Hall–Kier alpha value is -4.96. The number of aromatic nitrogens is 2. The van der Waals surface area contributed by atoms with Crippen LogP contribution < -0.4 is 19.3 Å². The normalized spacial score (nSPS) is 12.5. The van der Waals surface area contributed by atoms with Crippen LogP contribution in [0.25, 0.3) is 16.6 Å². The largest absolute Gasteiger partial charge is 0.497 e. The monoisotopic (exact) mass is 677 g/mol. The predicted octanol–water partition coefficient (Wildman–Crippen LogP) is 6.11. The molecule has 1 atom stereocenters. The fraction of sp³-hybridized carbons (Fsp3) is 0.167. The minimum atomic E-state index is -5.02. The molecule has 2 heterocycles. The van der Waals surface area contributed by atoms with Gasteiger partial charge in [-0.2, -0.15) is 13.2 Å². The van der Waals surface area contributed by atoms with Gasteiger partial charge in [0.25, 0.3) is 15.6 Å². The molecule has 46 heavy (non-hydrogen) atoms. The number of alkyl halides is 3. The number of benzene rings is 3. The zero-order valence-corrected chi connectivity index (χ0v) is 25.5. The van der Waals surface area contributed by atoms with Crippen LogP contribution in [0.5, 0.6) is 11.5 Å². The second kappa shape index (κ2) is 12.8. The molecule has 0 aliphatic rings. The second-order valence-corrected chi connectivity index (χ2v) is 11.7. The number of pyridine rings is 1. The lowest BCUT2D eigenvalue weighted by atomic mass is 10.1. The molecule has 0 spiro atoms. The lowest BCUT2D eigenvalue weighted by Gasteiger charge is -2.23. The summed E-state index contributed by atoms with van der Waals surface area (Å²) in [6.45, 7) is -0.120. The van der Waals surface area contributed by atoms with E-state index in [0.717, 1.165) is 28.1 Å². The molecule has 0 fully saturated rings. The first-order valence-electron chi connectivity index (χ1n) is 13.1. The van der Waals surface area contributed by atoms with Crippen molar-refractivity contribution >= 4 is 44.5 Å². The first kappa shape index (κ1) is 32.4. The van der Waals surface area contributed by atoms with Gasteiger partial charge >= 0.3 is 6.18 Å². The fourth-order valence-corrected chi connectivity index (χ4v) is 6.30. The van der Waals surface area contributed by atoms with Gasteiger partial charge in [-0.05, 0) is 60.2 Å². The molecule has 16 heteroatoms. The zero-order chi connectivity index (χ0) is 33.2. The van der Waals surface area contributed by atoms with E-state index in [1.54, 1.807) is 24.3 Å². The summed E-state index contributed by atoms with van der Waals surface area (Å²) in [7, 11) is -1.66. The smallest absolute Gasteiger partial charge is 0.429 e. The summed E-state index contributed by atoms with van der Waals surface area (Å²) in [5.41, 5.74) is -0.743. The van der Waals surface area contributed by atoms with Crippen molar-refractivity contribution in [2.75, 3.05) is 18.5 Å². The van der Waals surface area contributed by atoms with Crippen LogP contribution in [-0.4, -0.2) is 44.1 Å². The summed E-state index contributed by atoms with van der Waals surface area (Å²) in [5, 5.41) is 4.04. The third-order valence-corrected chi connectivity index (χ3v) is 8.79. The van der Waals surface area contributed by atoms with Crippen LogP contribution in [0.4, 0.5) is 23.4 Å². The molecule has 5 rings (SSSR count). The number of rotatable bonds is 11.